The van der Waals surface area contributed by atoms with E-state index in [1.54, 1.807) is 12.1 Å². The standard InChI is InChI=1S/C27H24N4O4/c1-27-25(33)16(28-2)10-19(35-27)30-17-8-7-12(32)9-14(17)21-22-15(11-29-26(22)34)20-13-5-3-4-6-18(13)31(27)24(20)23(21)30/h3-9,16,19,25,28,32-33H,10-11H2,1-2H3,(H,29,34)/t16-,19-,25-,27+/m1/s1. The van der Waals surface area contributed by atoms with Crippen molar-refractivity contribution in [1.29, 1.82) is 0 Å². The fourth-order valence-corrected chi connectivity index (χ4v) is 7.01. The summed E-state index contributed by atoms with van der Waals surface area (Å²) in [6, 6.07) is 13.2. The Labute approximate surface area is 199 Å². The molecule has 3 aromatic carbocycles. The number of hydrogen-bond acceptors (Lipinski definition) is 5. The average Bonchev–Trinajstić information content (AvgIpc) is 3.48. The number of phenolic OH excluding ortho intramolecular Hbond substituents is 1. The number of benzene rings is 3. The molecule has 0 aliphatic carbocycles. The molecule has 2 bridgehead atoms. The molecular weight excluding hydrogens is 444 g/mol. The van der Waals surface area contributed by atoms with Gasteiger partial charge >= 0.3 is 0 Å². The smallest absolute Gasteiger partial charge is 0.252 e. The van der Waals surface area contributed by atoms with Crippen LogP contribution in [-0.2, 0) is 17.0 Å². The third-order valence-corrected chi connectivity index (χ3v) is 8.45. The molecule has 0 saturated carbocycles. The average molecular weight is 469 g/mol. The fraction of sp³-hybridized carbons (Fsp3) is 0.296. The Hall–Kier alpha value is -3.59. The summed E-state index contributed by atoms with van der Waals surface area (Å²) in [4.78, 5) is 13.3. The van der Waals surface area contributed by atoms with Gasteiger partial charge in [-0.25, -0.2) is 0 Å². The summed E-state index contributed by atoms with van der Waals surface area (Å²) in [5.74, 6) is 0.0490. The molecule has 2 aromatic heterocycles. The van der Waals surface area contributed by atoms with Crippen LogP contribution < -0.4 is 10.6 Å². The number of ether oxygens (including phenoxy) is 1. The van der Waals surface area contributed by atoms with Crippen molar-refractivity contribution >= 4 is 49.5 Å². The highest BCUT2D eigenvalue weighted by Gasteiger charge is 2.52. The monoisotopic (exact) mass is 468 g/mol. The van der Waals surface area contributed by atoms with Gasteiger partial charge in [-0.15, -0.1) is 0 Å². The minimum Gasteiger partial charge on any atom is -0.508 e. The van der Waals surface area contributed by atoms with Crippen molar-refractivity contribution in [2.45, 2.75) is 44.0 Å². The van der Waals surface area contributed by atoms with E-state index in [1.165, 1.54) is 0 Å². The van der Waals surface area contributed by atoms with E-state index < -0.39 is 11.8 Å². The van der Waals surface area contributed by atoms with Gasteiger partial charge in [0.25, 0.3) is 5.91 Å². The van der Waals surface area contributed by atoms with Crippen molar-refractivity contribution < 1.29 is 19.7 Å². The number of phenols is 1. The molecule has 0 unspecified atom stereocenters. The van der Waals surface area contributed by atoms with Crippen molar-refractivity contribution in [3.8, 4) is 5.75 Å². The Bertz CT molecular complexity index is 1780. The Morgan fingerprint density at radius 3 is 2.77 bits per heavy atom. The molecule has 4 atom stereocenters. The van der Waals surface area contributed by atoms with Crippen LogP contribution in [0.3, 0.4) is 0 Å². The van der Waals surface area contributed by atoms with Crippen molar-refractivity contribution in [2.75, 3.05) is 7.05 Å². The van der Waals surface area contributed by atoms with Crippen LogP contribution in [0.2, 0.25) is 0 Å². The molecule has 4 N–H and O–H groups in total. The molecular formula is C27H24N4O4. The summed E-state index contributed by atoms with van der Waals surface area (Å²) in [7, 11) is 1.87. The highest BCUT2D eigenvalue weighted by Crippen LogP contribution is 2.53. The number of likely N-dealkylation sites (N-methyl/N-ethyl adjacent to an activating group) is 1. The van der Waals surface area contributed by atoms with E-state index in [1.807, 2.05) is 32.2 Å². The maximum atomic E-state index is 13.3. The minimum atomic E-state index is -1.04. The van der Waals surface area contributed by atoms with Gasteiger partial charge in [0.1, 0.15) is 18.1 Å². The number of para-hydroxylation sites is 1. The summed E-state index contributed by atoms with van der Waals surface area (Å²) < 4.78 is 11.2. The molecule has 3 aliphatic heterocycles. The van der Waals surface area contributed by atoms with Gasteiger partial charge in [-0.2, -0.15) is 0 Å². The lowest BCUT2D eigenvalue weighted by Crippen LogP contribution is -2.58. The van der Waals surface area contributed by atoms with E-state index in [0.717, 1.165) is 49.2 Å². The van der Waals surface area contributed by atoms with Gasteiger partial charge < -0.3 is 34.7 Å². The molecule has 0 spiro atoms. The van der Waals surface area contributed by atoms with Gasteiger partial charge in [-0.05, 0) is 43.8 Å². The summed E-state index contributed by atoms with van der Waals surface area (Å²) >= 11 is 0. The molecule has 5 heterocycles. The summed E-state index contributed by atoms with van der Waals surface area (Å²) in [6.45, 7) is 2.39. The molecule has 1 saturated heterocycles. The number of carbonyl (C=O) groups is 1. The van der Waals surface area contributed by atoms with Gasteiger partial charge in [0.05, 0.1) is 27.6 Å². The first kappa shape index (κ1) is 19.7. The zero-order chi connectivity index (χ0) is 23.8. The van der Waals surface area contributed by atoms with Crippen LogP contribution in [0.1, 0.15) is 35.5 Å². The topological polar surface area (TPSA) is 101 Å². The maximum Gasteiger partial charge on any atom is 0.252 e. The number of hydrogen-bond donors (Lipinski definition) is 4. The van der Waals surface area contributed by atoms with Gasteiger partial charge in [0, 0.05) is 40.6 Å². The van der Waals surface area contributed by atoms with Crippen molar-refractivity contribution in [3.05, 3.63) is 53.6 Å². The predicted molar refractivity (Wildman–Crippen MR) is 133 cm³/mol. The number of fused-ring (bicyclic) bond motifs is 13. The van der Waals surface area contributed by atoms with E-state index >= 15 is 0 Å². The third-order valence-electron chi connectivity index (χ3n) is 8.45. The molecule has 5 aromatic rings. The number of aliphatic hydroxyl groups is 1. The van der Waals surface area contributed by atoms with E-state index in [4.69, 9.17) is 4.74 Å². The SMILES string of the molecule is CN[C@@H]1C[C@H]2O[C@@](C)([C@@H]1O)n1c3ccccc3c3c4c(c5c6cc(O)ccc6n2c5c31)C(=O)NC4. The van der Waals surface area contributed by atoms with Crippen LogP contribution in [0.15, 0.2) is 42.5 Å². The van der Waals surface area contributed by atoms with Crippen LogP contribution >= 0.6 is 0 Å². The van der Waals surface area contributed by atoms with E-state index in [2.05, 4.69) is 31.9 Å². The van der Waals surface area contributed by atoms with Crippen LogP contribution in [0, 0.1) is 0 Å². The molecule has 1 amide bonds. The second-order valence-electron chi connectivity index (χ2n) is 10.1. The first-order valence-corrected chi connectivity index (χ1v) is 12.0. The van der Waals surface area contributed by atoms with Crippen molar-refractivity contribution in [3.63, 3.8) is 0 Å². The minimum absolute atomic E-state index is 0.103. The summed E-state index contributed by atoms with van der Waals surface area (Å²) in [5, 5.41) is 32.1. The molecule has 8 rings (SSSR count). The van der Waals surface area contributed by atoms with E-state index in [0.29, 0.717) is 18.5 Å². The molecule has 3 aliphatic rings. The number of rotatable bonds is 1. The maximum absolute atomic E-state index is 13.3. The third kappa shape index (κ3) is 2.09. The summed E-state index contributed by atoms with van der Waals surface area (Å²) in [6.07, 6.45) is -0.624. The fourth-order valence-electron chi connectivity index (χ4n) is 7.01. The number of carbonyl (C=O) groups excluding carboxylic acids is 1. The lowest BCUT2D eigenvalue weighted by Gasteiger charge is -2.46. The molecule has 1 fully saturated rings. The molecule has 8 heteroatoms. The molecule has 35 heavy (non-hydrogen) atoms. The first-order valence-electron chi connectivity index (χ1n) is 12.0. The number of nitrogens with one attached hydrogen (secondary N) is 2. The Morgan fingerprint density at radius 2 is 1.94 bits per heavy atom. The number of aromatic hydroxyl groups is 1. The quantitative estimate of drug-likeness (QED) is 0.302. The molecule has 8 nitrogen and oxygen atoms in total. The van der Waals surface area contributed by atoms with Crippen molar-refractivity contribution in [1.82, 2.24) is 19.8 Å². The second-order valence-corrected chi connectivity index (χ2v) is 10.1. The molecule has 0 radical (unpaired) electrons. The molecule has 176 valence electrons. The lowest BCUT2D eigenvalue weighted by molar-refractivity contribution is -0.249. The Morgan fingerprint density at radius 1 is 1.11 bits per heavy atom. The number of nitrogens with zero attached hydrogens (tertiary/aromatic N) is 2. The van der Waals surface area contributed by atoms with Gasteiger partial charge in [-0.3, -0.25) is 4.79 Å². The highest BCUT2D eigenvalue weighted by atomic mass is 16.6. The normalized spacial score (nSPS) is 27.3. The van der Waals surface area contributed by atoms with E-state index in [-0.39, 0.29) is 23.9 Å². The zero-order valence-corrected chi connectivity index (χ0v) is 19.3. The van der Waals surface area contributed by atoms with Crippen LogP contribution in [0.25, 0.3) is 43.6 Å². The summed E-state index contributed by atoms with van der Waals surface area (Å²) in [5.41, 5.74) is 4.28. The number of amides is 1. The largest absolute Gasteiger partial charge is 0.508 e. The Balaban J connectivity index is 1.74. The van der Waals surface area contributed by atoms with E-state index in [9.17, 15) is 15.0 Å². The number of aromatic nitrogens is 2. The van der Waals surface area contributed by atoms with Crippen LogP contribution in [0.4, 0.5) is 0 Å². The lowest BCUT2D eigenvalue weighted by atomic mass is 9.93. The Kier molecular flexibility index (Phi) is 3.46. The van der Waals surface area contributed by atoms with Crippen LogP contribution in [0.5, 0.6) is 5.75 Å². The van der Waals surface area contributed by atoms with Crippen molar-refractivity contribution in [2.24, 2.45) is 0 Å². The van der Waals surface area contributed by atoms with Gasteiger partial charge in [0.2, 0.25) is 0 Å². The van der Waals surface area contributed by atoms with Crippen LogP contribution in [-0.4, -0.2) is 44.4 Å². The predicted octanol–water partition coefficient (Wildman–Crippen LogP) is 3.41. The number of aliphatic hydroxyl groups excluding tert-OH is 1. The highest BCUT2D eigenvalue weighted by molar-refractivity contribution is 6.31. The van der Waals surface area contributed by atoms with Gasteiger partial charge in [0.15, 0.2) is 5.72 Å². The zero-order valence-electron chi connectivity index (χ0n) is 19.3. The first-order chi connectivity index (χ1) is 16.9. The second kappa shape index (κ2) is 6.15. The van der Waals surface area contributed by atoms with Gasteiger partial charge in [-0.1, -0.05) is 18.2 Å².